The molecule has 0 aromatic carbocycles. The summed E-state index contributed by atoms with van der Waals surface area (Å²) in [5, 5.41) is 4.09. The largest absolute Gasteiger partial charge is 0.369 e. The molecule has 1 saturated carbocycles. The minimum atomic E-state index is 0.487. The smallest absolute Gasteiger partial charge is 0.137 e. The van der Waals surface area contributed by atoms with E-state index in [-0.39, 0.29) is 0 Å². The maximum atomic E-state index is 6.15. The number of anilines is 1. The molecule has 0 radical (unpaired) electrons. The molecule has 3 nitrogen and oxygen atoms in total. The van der Waals surface area contributed by atoms with Crippen LogP contribution in [0.2, 0.25) is 5.15 Å². The highest BCUT2D eigenvalue weighted by Gasteiger charge is 2.34. The lowest BCUT2D eigenvalue weighted by Crippen LogP contribution is -2.36. The quantitative estimate of drug-likeness (QED) is 0.790. The monoisotopic (exact) mass is 267 g/mol. The average molecular weight is 268 g/mol. The maximum Gasteiger partial charge on any atom is 0.137 e. The highest BCUT2D eigenvalue weighted by molar-refractivity contribution is 6.30. The highest BCUT2D eigenvalue weighted by atomic mass is 35.5. The predicted molar refractivity (Wildman–Crippen MR) is 76.1 cm³/mol. The van der Waals surface area contributed by atoms with E-state index < -0.39 is 0 Å². The van der Waals surface area contributed by atoms with Crippen LogP contribution in [0.15, 0.2) is 6.33 Å². The van der Waals surface area contributed by atoms with Crippen LogP contribution in [0.5, 0.6) is 0 Å². The first kappa shape index (κ1) is 13.6. The molecule has 4 heteroatoms. The average Bonchev–Trinajstić information content (AvgIpc) is 2.32. The van der Waals surface area contributed by atoms with Gasteiger partial charge in [-0.1, -0.05) is 38.3 Å². The lowest BCUT2D eigenvalue weighted by molar-refractivity contribution is 0.145. The summed E-state index contributed by atoms with van der Waals surface area (Å²) < 4.78 is 0. The Hall–Kier alpha value is -0.830. The van der Waals surface area contributed by atoms with Crippen LogP contribution in [0.25, 0.3) is 0 Å². The second kappa shape index (κ2) is 5.87. The van der Waals surface area contributed by atoms with Crippen LogP contribution in [0.3, 0.4) is 0 Å². The zero-order valence-corrected chi connectivity index (χ0v) is 12.1. The van der Waals surface area contributed by atoms with Crippen molar-refractivity contribution in [1.29, 1.82) is 0 Å². The van der Waals surface area contributed by atoms with Gasteiger partial charge in [-0.05, 0) is 31.1 Å². The molecule has 1 N–H and O–H groups in total. The molecule has 1 fully saturated rings. The maximum absolute atomic E-state index is 6.15. The molecule has 0 atom stereocenters. The van der Waals surface area contributed by atoms with E-state index in [1.807, 2.05) is 0 Å². The van der Waals surface area contributed by atoms with Crippen LogP contribution >= 0.6 is 11.6 Å². The van der Waals surface area contributed by atoms with Crippen LogP contribution in [0, 0.1) is 5.41 Å². The molecule has 0 saturated heterocycles. The molecule has 0 bridgehead atoms. The molecular formula is C14H22ClN3. The van der Waals surface area contributed by atoms with Gasteiger partial charge in [0.15, 0.2) is 0 Å². The first-order chi connectivity index (χ1) is 8.71. The van der Waals surface area contributed by atoms with Crippen LogP contribution in [-0.2, 0) is 6.42 Å². The predicted octanol–water partition coefficient (Wildman–Crippen LogP) is 4.07. The molecule has 0 aliphatic heterocycles. The zero-order chi connectivity index (χ0) is 13.0. The minimum absolute atomic E-state index is 0.487. The SMILES string of the molecule is CCCc1c(Cl)ncnc1NCC1(CC)CCC1. The Balaban J connectivity index is 2.06. The Labute approximate surface area is 114 Å². The van der Waals surface area contributed by atoms with E-state index in [1.54, 1.807) is 6.33 Å². The van der Waals surface area contributed by atoms with E-state index in [4.69, 9.17) is 11.6 Å². The Kier molecular flexibility index (Phi) is 4.44. The number of aromatic nitrogens is 2. The number of rotatable bonds is 6. The molecule has 2 rings (SSSR count). The van der Waals surface area contributed by atoms with Crippen molar-refractivity contribution >= 4 is 17.4 Å². The van der Waals surface area contributed by atoms with Crippen molar-refractivity contribution in [3.8, 4) is 0 Å². The third-order valence-electron chi connectivity index (χ3n) is 4.19. The van der Waals surface area contributed by atoms with Gasteiger partial charge in [-0.15, -0.1) is 0 Å². The van der Waals surface area contributed by atoms with Gasteiger partial charge < -0.3 is 5.32 Å². The summed E-state index contributed by atoms with van der Waals surface area (Å²) in [5.74, 6) is 0.927. The summed E-state index contributed by atoms with van der Waals surface area (Å²) in [6.45, 7) is 5.43. The van der Waals surface area contributed by atoms with E-state index in [9.17, 15) is 0 Å². The van der Waals surface area contributed by atoms with Gasteiger partial charge in [0.2, 0.25) is 0 Å². The first-order valence-electron chi connectivity index (χ1n) is 6.94. The van der Waals surface area contributed by atoms with Crippen LogP contribution in [0.1, 0.15) is 51.5 Å². The molecule has 18 heavy (non-hydrogen) atoms. The van der Waals surface area contributed by atoms with Gasteiger partial charge in [0.25, 0.3) is 0 Å². The van der Waals surface area contributed by atoms with Crippen molar-refractivity contribution in [2.24, 2.45) is 5.41 Å². The lowest BCUT2D eigenvalue weighted by atomic mass is 9.67. The molecule has 0 amide bonds. The summed E-state index contributed by atoms with van der Waals surface area (Å²) in [4.78, 5) is 8.42. The summed E-state index contributed by atoms with van der Waals surface area (Å²) in [5.41, 5.74) is 1.55. The fraction of sp³-hybridized carbons (Fsp3) is 0.714. The number of halogens is 1. The molecule has 1 aromatic rings. The van der Waals surface area contributed by atoms with Gasteiger partial charge in [-0.3, -0.25) is 0 Å². The third kappa shape index (κ3) is 2.77. The molecule has 0 unspecified atom stereocenters. The summed E-state index contributed by atoms with van der Waals surface area (Å²) in [7, 11) is 0. The van der Waals surface area contributed by atoms with Gasteiger partial charge in [0.1, 0.15) is 17.3 Å². The standard InChI is InChI=1S/C14H22ClN3/c1-3-6-11-12(15)17-10-18-13(11)16-9-14(4-2)7-5-8-14/h10H,3-9H2,1-2H3,(H,16,17,18). The van der Waals surface area contributed by atoms with E-state index in [2.05, 4.69) is 29.1 Å². The Bertz CT molecular complexity index is 397. The number of nitrogens with one attached hydrogen (secondary N) is 1. The zero-order valence-electron chi connectivity index (χ0n) is 11.3. The van der Waals surface area contributed by atoms with Crippen LogP contribution < -0.4 is 5.32 Å². The number of nitrogens with zero attached hydrogens (tertiary/aromatic N) is 2. The Morgan fingerprint density at radius 1 is 1.33 bits per heavy atom. The van der Waals surface area contributed by atoms with E-state index in [0.717, 1.165) is 30.8 Å². The molecule has 1 aliphatic rings. The van der Waals surface area contributed by atoms with E-state index in [0.29, 0.717) is 10.6 Å². The van der Waals surface area contributed by atoms with Gasteiger partial charge >= 0.3 is 0 Å². The molecule has 1 heterocycles. The molecule has 1 aliphatic carbocycles. The summed E-state index contributed by atoms with van der Waals surface area (Å²) in [6, 6.07) is 0. The van der Waals surface area contributed by atoms with Gasteiger partial charge in [-0.2, -0.15) is 0 Å². The van der Waals surface area contributed by atoms with Gasteiger partial charge in [0.05, 0.1) is 0 Å². The van der Waals surface area contributed by atoms with E-state index in [1.165, 1.54) is 25.7 Å². The van der Waals surface area contributed by atoms with Crippen molar-refractivity contribution in [1.82, 2.24) is 9.97 Å². The Morgan fingerprint density at radius 3 is 2.67 bits per heavy atom. The number of hydrogen-bond acceptors (Lipinski definition) is 3. The van der Waals surface area contributed by atoms with Crippen molar-refractivity contribution in [3.05, 3.63) is 17.0 Å². The third-order valence-corrected chi connectivity index (χ3v) is 4.51. The van der Waals surface area contributed by atoms with Gasteiger partial charge in [-0.25, -0.2) is 9.97 Å². The number of hydrogen-bond donors (Lipinski definition) is 1. The van der Waals surface area contributed by atoms with Crippen molar-refractivity contribution < 1.29 is 0 Å². The first-order valence-corrected chi connectivity index (χ1v) is 7.32. The minimum Gasteiger partial charge on any atom is -0.369 e. The fourth-order valence-electron chi connectivity index (χ4n) is 2.62. The second-order valence-corrected chi connectivity index (χ2v) is 5.66. The van der Waals surface area contributed by atoms with Crippen LogP contribution in [0.4, 0.5) is 5.82 Å². The summed E-state index contributed by atoms with van der Waals surface area (Å²) >= 11 is 6.15. The fourth-order valence-corrected chi connectivity index (χ4v) is 2.85. The second-order valence-electron chi connectivity index (χ2n) is 5.30. The normalized spacial score (nSPS) is 17.3. The van der Waals surface area contributed by atoms with Crippen molar-refractivity contribution in [2.75, 3.05) is 11.9 Å². The summed E-state index contributed by atoms with van der Waals surface area (Å²) in [6.07, 6.45) is 8.80. The van der Waals surface area contributed by atoms with Crippen molar-refractivity contribution in [3.63, 3.8) is 0 Å². The van der Waals surface area contributed by atoms with E-state index >= 15 is 0 Å². The molecule has 0 spiro atoms. The highest BCUT2D eigenvalue weighted by Crippen LogP contribution is 2.43. The Morgan fingerprint density at radius 2 is 2.11 bits per heavy atom. The molecule has 1 aromatic heterocycles. The van der Waals surface area contributed by atoms with Crippen LogP contribution in [-0.4, -0.2) is 16.5 Å². The topological polar surface area (TPSA) is 37.8 Å². The lowest BCUT2D eigenvalue weighted by Gasteiger charge is -2.41. The van der Waals surface area contributed by atoms with Crippen molar-refractivity contribution in [2.45, 2.75) is 52.4 Å². The molecule has 100 valence electrons. The molecular weight excluding hydrogens is 246 g/mol. The van der Waals surface area contributed by atoms with Gasteiger partial charge in [0, 0.05) is 12.1 Å².